The van der Waals surface area contributed by atoms with Crippen LogP contribution in [-0.2, 0) is 14.2 Å². The third-order valence-electron chi connectivity index (χ3n) is 2.36. The number of carbonyl (C=O) groups is 1. The van der Waals surface area contributed by atoms with E-state index in [1.54, 1.807) is 18.3 Å². The number of aromatic nitrogens is 1. The second-order valence-corrected chi connectivity index (χ2v) is 4.29. The van der Waals surface area contributed by atoms with E-state index in [4.69, 9.17) is 14.2 Å². The van der Waals surface area contributed by atoms with Crippen molar-refractivity contribution in [3.05, 3.63) is 30.1 Å². The van der Waals surface area contributed by atoms with Crippen molar-refractivity contribution in [1.82, 2.24) is 4.98 Å². The average molecular weight is 237 g/mol. The van der Waals surface area contributed by atoms with Crippen molar-refractivity contribution < 1.29 is 19.0 Å². The molecule has 0 spiro atoms. The molecule has 17 heavy (non-hydrogen) atoms. The first kappa shape index (κ1) is 12.0. The minimum Gasteiger partial charge on any atom is -0.459 e. The van der Waals surface area contributed by atoms with Crippen LogP contribution in [0.25, 0.3) is 0 Å². The van der Waals surface area contributed by atoms with Crippen LogP contribution in [0.2, 0.25) is 0 Å². The SMILES string of the molecule is CC1(C)OC[C@H](COC(=O)c2cccnc2)O1. The first-order valence-electron chi connectivity index (χ1n) is 5.46. The number of ether oxygens (including phenoxy) is 3. The summed E-state index contributed by atoms with van der Waals surface area (Å²) < 4.78 is 16.0. The van der Waals surface area contributed by atoms with Gasteiger partial charge in [0.2, 0.25) is 0 Å². The highest BCUT2D eigenvalue weighted by molar-refractivity contribution is 5.88. The van der Waals surface area contributed by atoms with E-state index in [0.717, 1.165) is 0 Å². The summed E-state index contributed by atoms with van der Waals surface area (Å²) in [5.74, 6) is -0.989. The quantitative estimate of drug-likeness (QED) is 0.743. The molecule has 1 atom stereocenters. The van der Waals surface area contributed by atoms with Crippen LogP contribution >= 0.6 is 0 Å². The molecule has 1 fully saturated rings. The molecule has 0 aromatic carbocycles. The third kappa shape index (κ3) is 3.25. The van der Waals surface area contributed by atoms with Gasteiger partial charge in [0, 0.05) is 12.4 Å². The molecule has 1 aliphatic heterocycles. The Morgan fingerprint density at radius 3 is 3.06 bits per heavy atom. The molecule has 0 aliphatic carbocycles. The zero-order valence-corrected chi connectivity index (χ0v) is 9.88. The van der Waals surface area contributed by atoms with E-state index < -0.39 is 11.8 Å². The Morgan fingerprint density at radius 1 is 1.65 bits per heavy atom. The maximum absolute atomic E-state index is 11.6. The van der Waals surface area contributed by atoms with Crippen molar-refractivity contribution >= 4 is 5.97 Å². The van der Waals surface area contributed by atoms with Gasteiger partial charge in [0.1, 0.15) is 12.7 Å². The highest BCUT2D eigenvalue weighted by atomic mass is 16.7. The highest BCUT2D eigenvalue weighted by Crippen LogP contribution is 2.22. The monoisotopic (exact) mass is 237 g/mol. The molecule has 0 radical (unpaired) electrons. The molecule has 2 rings (SSSR count). The average Bonchev–Trinajstić information content (AvgIpc) is 2.67. The van der Waals surface area contributed by atoms with Gasteiger partial charge < -0.3 is 14.2 Å². The fourth-order valence-electron chi connectivity index (χ4n) is 1.58. The molecule has 0 unspecified atom stereocenters. The predicted molar refractivity (Wildman–Crippen MR) is 59.4 cm³/mol. The highest BCUT2D eigenvalue weighted by Gasteiger charge is 2.33. The van der Waals surface area contributed by atoms with Gasteiger partial charge in [-0.15, -0.1) is 0 Å². The van der Waals surface area contributed by atoms with Gasteiger partial charge in [-0.1, -0.05) is 0 Å². The number of rotatable bonds is 3. The summed E-state index contributed by atoms with van der Waals surface area (Å²) in [5.41, 5.74) is 0.436. The lowest BCUT2D eigenvalue weighted by molar-refractivity contribution is -0.142. The summed E-state index contributed by atoms with van der Waals surface area (Å²) in [4.78, 5) is 15.5. The molecule has 5 heteroatoms. The molecule has 1 saturated heterocycles. The van der Waals surface area contributed by atoms with Gasteiger partial charge in [-0.3, -0.25) is 4.98 Å². The largest absolute Gasteiger partial charge is 0.459 e. The van der Waals surface area contributed by atoms with E-state index in [9.17, 15) is 4.79 Å². The number of hydrogen-bond donors (Lipinski definition) is 0. The predicted octanol–water partition coefficient (Wildman–Crippen LogP) is 1.39. The zero-order valence-electron chi connectivity index (χ0n) is 9.88. The Bertz CT molecular complexity index is 391. The van der Waals surface area contributed by atoms with Gasteiger partial charge in [-0.05, 0) is 26.0 Å². The number of nitrogens with zero attached hydrogens (tertiary/aromatic N) is 1. The standard InChI is InChI=1S/C12H15NO4/c1-12(2)16-8-10(17-12)7-15-11(14)9-4-3-5-13-6-9/h3-6,10H,7-8H2,1-2H3/t10-/m0/s1. The molecule has 1 aromatic rings. The van der Waals surface area contributed by atoms with Crippen LogP contribution in [0.15, 0.2) is 24.5 Å². The number of carbonyl (C=O) groups excluding carboxylic acids is 1. The molecule has 0 bridgehead atoms. The molecule has 1 aromatic heterocycles. The molecule has 5 nitrogen and oxygen atoms in total. The summed E-state index contributed by atoms with van der Waals surface area (Å²) in [6.07, 6.45) is 2.87. The van der Waals surface area contributed by atoms with Crippen LogP contribution in [0, 0.1) is 0 Å². The van der Waals surface area contributed by atoms with E-state index in [1.807, 2.05) is 13.8 Å². The minimum atomic E-state index is -0.592. The molecule has 2 heterocycles. The summed E-state index contributed by atoms with van der Waals surface area (Å²) in [6.45, 7) is 4.29. The molecule has 1 aliphatic rings. The van der Waals surface area contributed by atoms with E-state index >= 15 is 0 Å². The van der Waals surface area contributed by atoms with E-state index in [1.165, 1.54) is 6.20 Å². The van der Waals surface area contributed by atoms with Crippen molar-refractivity contribution in [1.29, 1.82) is 0 Å². The summed E-state index contributed by atoms with van der Waals surface area (Å²) in [6, 6.07) is 3.35. The van der Waals surface area contributed by atoms with Crippen molar-refractivity contribution in [2.24, 2.45) is 0 Å². The first-order valence-corrected chi connectivity index (χ1v) is 5.46. The Hall–Kier alpha value is -1.46. The summed E-state index contributed by atoms with van der Waals surface area (Å²) in [5, 5.41) is 0. The van der Waals surface area contributed by atoms with Crippen molar-refractivity contribution in [2.75, 3.05) is 13.2 Å². The van der Waals surface area contributed by atoms with E-state index in [-0.39, 0.29) is 12.7 Å². The smallest absolute Gasteiger partial charge is 0.339 e. The van der Waals surface area contributed by atoms with Crippen molar-refractivity contribution in [3.63, 3.8) is 0 Å². The normalized spacial score (nSPS) is 22.4. The lowest BCUT2D eigenvalue weighted by Crippen LogP contribution is -2.25. The molecule has 92 valence electrons. The second-order valence-electron chi connectivity index (χ2n) is 4.29. The summed E-state index contributed by atoms with van der Waals surface area (Å²) >= 11 is 0. The third-order valence-corrected chi connectivity index (χ3v) is 2.36. The number of pyridine rings is 1. The fraction of sp³-hybridized carbons (Fsp3) is 0.500. The van der Waals surface area contributed by atoms with Gasteiger partial charge in [0.05, 0.1) is 12.2 Å². The molecular formula is C12H15NO4. The lowest BCUT2D eigenvalue weighted by Gasteiger charge is -2.16. The minimum absolute atomic E-state index is 0.192. The van der Waals surface area contributed by atoms with Crippen molar-refractivity contribution in [3.8, 4) is 0 Å². The van der Waals surface area contributed by atoms with E-state index in [2.05, 4.69) is 4.98 Å². The molecule has 0 amide bonds. The number of hydrogen-bond acceptors (Lipinski definition) is 5. The summed E-state index contributed by atoms with van der Waals surface area (Å²) in [7, 11) is 0. The van der Waals surface area contributed by atoms with Gasteiger partial charge in [0.15, 0.2) is 5.79 Å². The topological polar surface area (TPSA) is 57.7 Å². The molecule has 0 saturated carbocycles. The van der Waals surface area contributed by atoms with Gasteiger partial charge in [-0.25, -0.2) is 4.79 Å². The van der Waals surface area contributed by atoms with E-state index in [0.29, 0.717) is 12.2 Å². The van der Waals surface area contributed by atoms with Crippen molar-refractivity contribution in [2.45, 2.75) is 25.7 Å². The van der Waals surface area contributed by atoms with Crippen LogP contribution in [-0.4, -0.2) is 36.1 Å². The van der Waals surface area contributed by atoms with Crippen LogP contribution < -0.4 is 0 Å². The van der Waals surface area contributed by atoms with Crippen LogP contribution in [0.5, 0.6) is 0 Å². The molecular weight excluding hydrogens is 222 g/mol. The zero-order chi connectivity index (χ0) is 12.3. The second kappa shape index (κ2) is 4.81. The van der Waals surface area contributed by atoms with Gasteiger partial charge in [0.25, 0.3) is 0 Å². The maximum atomic E-state index is 11.6. The van der Waals surface area contributed by atoms with Gasteiger partial charge >= 0.3 is 5.97 Å². The first-order chi connectivity index (χ1) is 8.07. The maximum Gasteiger partial charge on any atom is 0.339 e. The Labute approximate surface area is 99.7 Å². The number of esters is 1. The Balaban J connectivity index is 1.82. The van der Waals surface area contributed by atoms with Crippen LogP contribution in [0.3, 0.4) is 0 Å². The van der Waals surface area contributed by atoms with Gasteiger partial charge in [-0.2, -0.15) is 0 Å². The Kier molecular flexibility index (Phi) is 3.40. The van der Waals surface area contributed by atoms with Crippen LogP contribution in [0.4, 0.5) is 0 Å². The van der Waals surface area contributed by atoms with Crippen LogP contribution in [0.1, 0.15) is 24.2 Å². The fourth-order valence-corrected chi connectivity index (χ4v) is 1.58. The lowest BCUT2D eigenvalue weighted by atomic mass is 10.3. The Morgan fingerprint density at radius 2 is 2.47 bits per heavy atom. The molecule has 0 N–H and O–H groups in total.